The molecule has 0 unspecified atom stereocenters. The van der Waals surface area contributed by atoms with Crippen molar-refractivity contribution in [2.75, 3.05) is 7.05 Å². The van der Waals surface area contributed by atoms with Gasteiger partial charge < -0.3 is 9.32 Å². The fourth-order valence-electron chi connectivity index (χ4n) is 2.65. The number of thiazole rings is 1. The van der Waals surface area contributed by atoms with Crippen molar-refractivity contribution in [3.05, 3.63) is 64.0 Å². The molecule has 4 rings (SSSR count). The van der Waals surface area contributed by atoms with Crippen LogP contribution in [0.5, 0.6) is 0 Å². The van der Waals surface area contributed by atoms with E-state index in [9.17, 15) is 4.79 Å². The summed E-state index contributed by atoms with van der Waals surface area (Å²) in [6, 6.07) is 11.7. The highest BCUT2D eigenvalue weighted by atomic mass is 32.1. The molecule has 0 aliphatic carbocycles. The second kappa shape index (κ2) is 6.46. The minimum atomic E-state index is -0.175. The highest BCUT2D eigenvalue weighted by Crippen LogP contribution is 2.29. The molecular formula is C19H16N2O2S2. The Morgan fingerprint density at radius 3 is 2.84 bits per heavy atom. The first-order chi connectivity index (χ1) is 12.1. The number of carbonyl (C=O) groups excluding carboxylic acids is 1. The second-order valence-electron chi connectivity index (χ2n) is 5.83. The van der Waals surface area contributed by atoms with Crippen molar-refractivity contribution >= 4 is 39.5 Å². The number of amides is 1. The average Bonchev–Trinajstić information content (AvgIpc) is 3.38. The predicted molar refractivity (Wildman–Crippen MR) is 102 cm³/mol. The number of thiophene rings is 1. The molecule has 3 heterocycles. The zero-order valence-corrected chi connectivity index (χ0v) is 15.4. The van der Waals surface area contributed by atoms with E-state index in [0.29, 0.717) is 5.69 Å². The monoisotopic (exact) mass is 368 g/mol. The van der Waals surface area contributed by atoms with Crippen molar-refractivity contribution in [2.24, 2.45) is 0 Å². The van der Waals surface area contributed by atoms with Crippen molar-refractivity contribution in [3.63, 3.8) is 0 Å². The number of hydrogen-bond donors (Lipinski definition) is 0. The van der Waals surface area contributed by atoms with Crippen LogP contribution in [-0.4, -0.2) is 22.8 Å². The minimum Gasteiger partial charge on any atom is -0.459 e. The topological polar surface area (TPSA) is 46.3 Å². The normalized spacial score (nSPS) is 12.4. The van der Waals surface area contributed by atoms with Gasteiger partial charge in [-0.2, -0.15) is 11.3 Å². The Morgan fingerprint density at radius 2 is 2.08 bits per heavy atom. The van der Waals surface area contributed by atoms with Gasteiger partial charge in [0, 0.05) is 28.8 Å². The molecule has 126 valence electrons. The lowest BCUT2D eigenvalue weighted by atomic mass is 10.2. The Morgan fingerprint density at radius 1 is 1.24 bits per heavy atom. The predicted octanol–water partition coefficient (Wildman–Crippen LogP) is 5.45. The second-order valence-corrected chi connectivity index (χ2v) is 7.47. The van der Waals surface area contributed by atoms with Crippen LogP contribution in [0, 0.1) is 0 Å². The molecule has 0 bridgehead atoms. The van der Waals surface area contributed by atoms with Gasteiger partial charge in [-0.1, -0.05) is 18.2 Å². The van der Waals surface area contributed by atoms with Crippen LogP contribution < -0.4 is 0 Å². The van der Waals surface area contributed by atoms with Crippen molar-refractivity contribution < 1.29 is 9.21 Å². The minimum absolute atomic E-state index is 0.106. The third-order valence-electron chi connectivity index (χ3n) is 4.25. The van der Waals surface area contributed by atoms with Crippen molar-refractivity contribution in [1.29, 1.82) is 0 Å². The van der Waals surface area contributed by atoms with E-state index >= 15 is 0 Å². The first-order valence-electron chi connectivity index (χ1n) is 7.87. The molecule has 0 N–H and O–H groups in total. The molecule has 4 nitrogen and oxygen atoms in total. The molecule has 0 saturated carbocycles. The summed E-state index contributed by atoms with van der Waals surface area (Å²) in [7, 11) is 1.78. The Balaban J connectivity index is 1.57. The molecule has 0 saturated heterocycles. The summed E-state index contributed by atoms with van der Waals surface area (Å²) in [6.45, 7) is 1.96. The third kappa shape index (κ3) is 2.99. The highest BCUT2D eigenvalue weighted by Gasteiger charge is 2.24. The summed E-state index contributed by atoms with van der Waals surface area (Å²) in [5.41, 5.74) is 2.36. The lowest BCUT2D eigenvalue weighted by Crippen LogP contribution is -2.29. The first-order valence-corrected chi connectivity index (χ1v) is 9.69. The Hall–Kier alpha value is -2.44. The summed E-state index contributed by atoms with van der Waals surface area (Å²) >= 11 is 3.11. The number of hydrogen-bond acceptors (Lipinski definition) is 5. The standard InChI is InChI=1S/C19H16N2O2S2/c1-12(17-9-13-5-3-4-6-16(13)23-17)21(2)19(22)15-11-25-18(20-15)14-7-8-24-10-14/h3-12H,1-2H3/t12-/m0/s1. The van der Waals surface area contributed by atoms with Crippen molar-refractivity contribution in [2.45, 2.75) is 13.0 Å². The summed E-state index contributed by atoms with van der Waals surface area (Å²) in [4.78, 5) is 19.0. The van der Waals surface area contributed by atoms with Gasteiger partial charge in [-0.05, 0) is 30.5 Å². The summed E-state index contributed by atoms with van der Waals surface area (Å²) < 4.78 is 5.89. The Bertz CT molecular complexity index is 984. The number of carbonyl (C=O) groups is 1. The van der Waals surface area contributed by atoms with E-state index in [2.05, 4.69) is 4.98 Å². The smallest absolute Gasteiger partial charge is 0.273 e. The largest absolute Gasteiger partial charge is 0.459 e. The fourth-order valence-corrected chi connectivity index (χ4v) is 4.15. The molecule has 0 aliphatic heterocycles. The van der Waals surface area contributed by atoms with Crippen LogP contribution in [0.4, 0.5) is 0 Å². The molecule has 0 spiro atoms. The van der Waals surface area contributed by atoms with Gasteiger partial charge in [-0.25, -0.2) is 4.98 Å². The zero-order valence-electron chi connectivity index (χ0n) is 13.8. The van der Waals surface area contributed by atoms with Gasteiger partial charge in [-0.3, -0.25) is 4.79 Å². The van der Waals surface area contributed by atoms with Crippen LogP contribution in [0.3, 0.4) is 0 Å². The van der Waals surface area contributed by atoms with Crippen LogP contribution in [-0.2, 0) is 0 Å². The number of furan rings is 1. The molecule has 1 atom stereocenters. The number of aromatic nitrogens is 1. The number of para-hydroxylation sites is 1. The molecule has 0 radical (unpaired) electrons. The molecule has 1 aromatic carbocycles. The number of rotatable bonds is 4. The number of fused-ring (bicyclic) bond motifs is 1. The summed E-state index contributed by atoms with van der Waals surface area (Å²) in [6.07, 6.45) is 0. The van der Waals surface area contributed by atoms with Gasteiger partial charge >= 0.3 is 0 Å². The van der Waals surface area contributed by atoms with E-state index in [-0.39, 0.29) is 11.9 Å². The molecule has 0 fully saturated rings. The van der Waals surface area contributed by atoms with E-state index in [4.69, 9.17) is 4.42 Å². The molecule has 3 aromatic heterocycles. The van der Waals surface area contributed by atoms with Crippen LogP contribution in [0.1, 0.15) is 29.2 Å². The Labute approximate surface area is 153 Å². The quantitative estimate of drug-likeness (QED) is 0.481. The van der Waals surface area contributed by atoms with Gasteiger partial charge in [0.1, 0.15) is 22.0 Å². The zero-order chi connectivity index (χ0) is 17.4. The van der Waals surface area contributed by atoms with Crippen LogP contribution in [0.25, 0.3) is 21.5 Å². The van der Waals surface area contributed by atoms with E-state index in [1.54, 1.807) is 23.3 Å². The van der Waals surface area contributed by atoms with E-state index in [0.717, 1.165) is 27.3 Å². The fraction of sp³-hybridized carbons (Fsp3) is 0.158. The van der Waals surface area contributed by atoms with E-state index in [1.165, 1.54) is 11.3 Å². The van der Waals surface area contributed by atoms with Crippen LogP contribution in [0.15, 0.2) is 57.0 Å². The maximum absolute atomic E-state index is 12.8. The van der Waals surface area contributed by atoms with Gasteiger partial charge in [0.15, 0.2) is 0 Å². The van der Waals surface area contributed by atoms with Crippen LogP contribution in [0.2, 0.25) is 0 Å². The number of nitrogens with zero attached hydrogens (tertiary/aromatic N) is 2. The van der Waals surface area contributed by atoms with E-state index in [1.807, 2.05) is 59.5 Å². The lowest BCUT2D eigenvalue weighted by Gasteiger charge is -2.22. The molecule has 4 aromatic rings. The van der Waals surface area contributed by atoms with Gasteiger partial charge in [0.2, 0.25) is 0 Å². The third-order valence-corrected chi connectivity index (χ3v) is 5.82. The van der Waals surface area contributed by atoms with E-state index < -0.39 is 0 Å². The van der Waals surface area contributed by atoms with Gasteiger partial charge in [0.05, 0.1) is 6.04 Å². The van der Waals surface area contributed by atoms with Crippen LogP contribution >= 0.6 is 22.7 Å². The molecular weight excluding hydrogens is 352 g/mol. The van der Waals surface area contributed by atoms with Gasteiger partial charge in [0.25, 0.3) is 5.91 Å². The molecule has 1 amide bonds. The van der Waals surface area contributed by atoms with Crippen molar-refractivity contribution in [1.82, 2.24) is 9.88 Å². The summed E-state index contributed by atoms with van der Waals surface area (Å²) in [5, 5.41) is 7.77. The van der Waals surface area contributed by atoms with Crippen molar-refractivity contribution in [3.8, 4) is 10.6 Å². The molecule has 25 heavy (non-hydrogen) atoms. The highest BCUT2D eigenvalue weighted by molar-refractivity contribution is 7.14. The average molecular weight is 368 g/mol. The molecule has 0 aliphatic rings. The van der Waals surface area contributed by atoms with Gasteiger partial charge in [-0.15, -0.1) is 11.3 Å². The molecule has 6 heteroatoms. The maximum Gasteiger partial charge on any atom is 0.273 e. The SMILES string of the molecule is C[C@@H](c1cc2ccccc2o1)N(C)C(=O)c1csc(-c2ccsc2)n1. The maximum atomic E-state index is 12.8. The Kier molecular flexibility index (Phi) is 4.15. The first kappa shape index (κ1) is 16.1. The lowest BCUT2D eigenvalue weighted by molar-refractivity contribution is 0.0722. The summed E-state index contributed by atoms with van der Waals surface area (Å²) in [5.74, 6) is 0.663. The number of benzene rings is 1.